The van der Waals surface area contributed by atoms with Gasteiger partial charge in [0.1, 0.15) is 0 Å². The second-order valence-corrected chi connectivity index (χ2v) is 6.16. The summed E-state index contributed by atoms with van der Waals surface area (Å²) < 4.78 is 17.7. The minimum Gasteiger partial charge on any atom is -0.493 e. The van der Waals surface area contributed by atoms with Gasteiger partial charge in [0.2, 0.25) is 0 Å². The average molecular weight is 360 g/mol. The molecule has 2 N–H and O–H groups in total. The molecule has 1 fully saturated rings. The largest absolute Gasteiger partial charge is 0.493 e. The highest BCUT2D eigenvalue weighted by atomic mass is 16.5. The molecule has 3 rings (SSSR count). The van der Waals surface area contributed by atoms with Crippen LogP contribution in [0.2, 0.25) is 0 Å². The number of benzene rings is 1. The topological polar surface area (TPSA) is 86.6 Å². The van der Waals surface area contributed by atoms with Crippen molar-refractivity contribution >= 4 is 17.4 Å². The Bertz CT molecular complexity index is 741. The van der Waals surface area contributed by atoms with E-state index in [0.717, 1.165) is 32.6 Å². The maximum absolute atomic E-state index is 12.2. The first kappa shape index (κ1) is 18.1. The van der Waals surface area contributed by atoms with Crippen molar-refractivity contribution in [3.8, 4) is 11.5 Å². The van der Waals surface area contributed by atoms with Crippen molar-refractivity contribution in [3.63, 3.8) is 0 Å². The Balaban J connectivity index is 1.55. The van der Waals surface area contributed by atoms with E-state index in [2.05, 4.69) is 15.7 Å². The Hall–Kier alpha value is -2.74. The van der Waals surface area contributed by atoms with Crippen LogP contribution < -0.4 is 20.1 Å². The lowest BCUT2D eigenvalue weighted by atomic mass is 10.0. The van der Waals surface area contributed by atoms with E-state index in [-0.39, 0.29) is 6.03 Å². The number of anilines is 2. The first-order valence-electron chi connectivity index (χ1n) is 8.58. The minimum atomic E-state index is -0.345. The zero-order valence-corrected chi connectivity index (χ0v) is 15.0. The Labute approximate surface area is 152 Å². The highest BCUT2D eigenvalue weighted by Gasteiger charge is 2.15. The monoisotopic (exact) mass is 360 g/mol. The van der Waals surface area contributed by atoms with Gasteiger partial charge in [0.25, 0.3) is 0 Å². The lowest BCUT2D eigenvalue weighted by molar-refractivity contribution is 0.0601. The average Bonchev–Trinajstić information content (AvgIpc) is 3.09. The number of nitrogens with one attached hydrogen (secondary N) is 2. The fourth-order valence-corrected chi connectivity index (χ4v) is 2.93. The van der Waals surface area contributed by atoms with Crippen molar-refractivity contribution < 1.29 is 19.0 Å². The third-order valence-corrected chi connectivity index (χ3v) is 4.32. The highest BCUT2D eigenvalue weighted by Crippen LogP contribution is 2.29. The lowest BCUT2D eigenvalue weighted by Gasteiger charge is -2.21. The molecule has 1 saturated heterocycles. The van der Waals surface area contributed by atoms with Crippen LogP contribution in [0.5, 0.6) is 11.5 Å². The van der Waals surface area contributed by atoms with E-state index in [1.807, 2.05) is 10.9 Å². The van der Waals surface area contributed by atoms with Crippen LogP contribution in [0.1, 0.15) is 12.8 Å². The van der Waals surface area contributed by atoms with Crippen LogP contribution in [0, 0.1) is 5.92 Å². The second kappa shape index (κ2) is 8.57. The second-order valence-electron chi connectivity index (χ2n) is 6.16. The first-order valence-corrected chi connectivity index (χ1v) is 8.58. The minimum absolute atomic E-state index is 0.345. The molecule has 0 atom stereocenters. The van der Waals surface area contributed by atoms with Gasteiger partial charge in [-0.05, 0) is 30.9 Å². The number of rotatable bonds is 6. The molecule has 1 aliphatic rings. The normalized spacial score (nSPS) is 14.7. The van der Waals surface area contributed by atoms with E-state index < -0.39 is 0 Å². The zero-order valence-electron chi connectivity index (χ0n) is 15.0. The number of carbonyl (C=O) groups excluding carboxylic acids is 1. The summed E-state index contributed by atoms with van der Waals surface area (Å²) in [6.07, 6.45) is 5.57. The fourth-order valence-electron chi connectivity index (χ4n) is 2.93. The Kier molecular flexibility index (Phi) is 5.96. The maximum Gasteiger partial charge on any atom is 0.323 e. The van der Waals surface area contributed by atoms with Crippen LogP contribution in [-0.4, -0.2) is 43.2 Å². The molecular formula is C18H24N4O4. The van der Waals surface area contributed by atoms with Gasteiger partial charge < -0.3 is 24.8 Å². The quantitative estimate of drug-likeness (QED) is 0.827. The van der Waals surface area contributed by atoms with Crippen LogP contribution in [0.25, 0.3) is 0 Å². The van der Waals surface area contributed by atoms with E-state index >= 15 is 0 Å². The van der Waals surface area contributed by atoms with Gasteiger partial charge in [-0.15, -0.1) is 0 Å². The van der Waals surface area contributed by atoms with Gasteiger partial charge in [0, 0.05) is 37.7 Å². The molecule has 0 bridgehead atoms. The third-order valence-electron chi connectivity index (χ3n) is 4.32. The highest BCUT2D eigenvalue weighted by molar-refractivity contribution is 5.99. The molecule has 0 saturated carbocycles. The summed E-state index contributed by atoms with van der Waals surface area (Å²) in [6, 6.07) is 4.84. The van der Waals surface area contributed by atoms with Crippen molar-refractivity contribution in [2.24, 2.45) is 5.92 Å². The number of carbonyl (C=O) groups is 1. The van der Waals surface area contributed by atoms with Gasteiger partial charge in [-0.1, -0.05) is 0 Å². The van der Waals surface area contributed by atoms with Crippen LogP contribution in [-0.2, 0) is 11.3 Å². The molecule has 1 aromatic heterocycles. The molecule has 1 aliphatic heterocycles. The number of nitrogens with zero attached hydrogens (tertiary/aromatic N) is 2. The third kappa shape index (κ3) is 4.66. The molecule has 26 heavy (non-hydrogen) atoms. The molecule has 0 aliphatic carbocycles. The van der Waals surface area contributed by atoms with Crippen molar-refractivity contribution in [2.45, 2.75) is 19.4 Å². The predicted molar refractivity (Wildman–Crippen MR) is 98.0 cm³/mol. The SMILES string of the molecule is COc1ccc(NC(=O)Nc2cnn(CC3CCOCC3)c2)cc1OC. The molecule has 0 spiro atoms. The van der Waals surface area contributed by atoms with Crippen LogP contribution in [0.4, 0.5) is 16.2 Å². The van der Waals surface area contributed by atoms with Gasteiger partial charge in [0.15, 0.2) is 11.5 Å². The molecular weight excluding hydrogens is 336 g/mol. The summed E-state index contributed by atoms with van der Waals surface area (Å²) in [5, 5.41) is 9.87. The number of aromatic nitrogens is 2. The summed E-state index contributed by atoms with van der Waals surface area (Å²) in [7, 11) is 3.12. The van der Waals surface area contributed by atoms with E-state index in [1.54, 1.807) is 38.6 Å². The van der Waals surface area contributed by atoms with Gasteiger partial charge in [0.05, 0.1) is 26.1 Å². The van der Waals surface area contributed by atoms with Crippen molar-refractivity contribution in [1.29, 1.82) is 0 Å². The molecule has 8 nitrogen and oxygen atoms in total. The molecule has 2 heterocycles. The number of amides is 2. The van der Waals surface area contributed by atoms with Crippen LogP contribution in [0.3, 0.4) is 0 Å². The van der Waals surface area contributed by atoms with Gasteiger partial charge in [-0.25, -0.2) is 4.79 Å². The standard InChI is InChI=1S/C18H24N4O4/c1-24-16-4-3-14(9-17(16)25-2)20-18(23)21-15-10-19-22(12-15)11-13-5-7-26-8-6-13/h3-4,9-10,12-13H,5-8,11H2,1-2H3,(H2,20,21,23). The van der Waals surface area contributed by atoms with E-state index in [1.165, 1.54) is 0 Å². The molecule has 140 valence electrons. The number of ether oxygens (including phenoxy) is 3. The fraction of sp³-hybridized carbons (Fsp3) is 0.444. The van der Waals surface area contributed by atoms with Crippen molar-refractivity contribution in [2.75, 3.05) is 38.1 Å². The molecule has 0 unspecified atom stereocenters. The van der Waals surface area contributed by atoms with E-state index in [9.17, 15) is 4.79 Å². The summed E-state index contributed by atoms with van der Waals surface area (Å²) in [6.45, 7) is 2.46. The summed E-state index contributed by atoms with van der Waals surface area (Å²) in [5.74, 6) is 1.72. The Morgan fingerprint density at radius 2 is 1.92 bits per heavy atom. The van der Waals surface area contributed by atoms with Crippen molar-refractivity contribution in [3.05, 3.63) is 30.6 Å². The molecule has 2 aromatic rings. The number of urea groups is 1. The number of hydrogen-bond donors (Lipinski definition) is 2. The Morgan fingerprint density at radius 1 is 1.19 bits per heavy atom. The molecule has 2 amide bonds. The molecule has 0 radical (unpaired) electrons. The van der Waals surface area contributed by atoms with E-state index in [0.29, 0.717) is 28.8 Å². The van der Waals surface area contributed by atoms with Crippen molar-refractivity contribution in [1.82, 2.24) is 9.78 Å². The summed E-state index contributed by atoms with van der Waals surface area (Å²) in [4.78, 5) is 12.2. The number of methoxy groups -OCH3 is 2. The maximum atomic E-state index is 12.2. The van der Waals surface area contributed by atoms with Gasteiger partial charge in [-0.3, -0.25) is 4.68 Å². The lowest BCUT2D eigenvalue weighted by Crippen LogP contribution is -2.21. The van der Waals surface area contributed by atoms with Gasteiger partial charge >= 0.3 is 6.03 Å². The number of hydrogen-bond acceptors (Lipinski definition) is 5. The predicted octanol–water partition coefficient (Wildman–Crippen LogP) is 2.97. The first-order chi connectivity index (χ1) is 12.7. The van der Waals surface area contributed by atoms with Crippen LogP contribution in [0.15, 0.2) is 30.6 Å². The molecule has 1 aromatic carbocycles. The summed E-state index contributed by atoms with van der Waals surface area (Å²) >= 11 is 0. The summed E-state index contributed by atoms with van der Waals surface area (Å²) in [5.41, 5.74) is 1.25. The van der Waals surface area contributed by atoms with Crippen LogP contribution >= 0.6 is 0 Å². The zero-order chi connectivity index (χ0) is 18.4. The molecule has 8 heteroatoms. The van der Waals surface area contributed by atoms with Gasteiger partial charge in [-0.2, -0.15) is 5.10 Å². The Morgan fingerprint density at radius 3 is 2.65 bits per heavy atom. The smallest absolute Gasteiger partial charge is 0.323 e. The van der Waals surface area contributed by atoms with E-state index in [4.69, 9.17) is 14.2 Å².